The molecule has 16 heteroatoms. The number of nitrogens with one attached hydrogen (secondary N) is 4. The second-order valence-corrected chi connectivity index (χ2v) is 11.5. The number of carbonyl (C=O) groups excluding carboxylic acids is 2. The number of phenols is 2. The summed E-state index contributed by atoms with van der Waals surface area (Å²) < 4.78 is 37.5. The van der Waals surface area contributed by atoms with E-state index in [0.29, 0.717) is 22.0 Å². The van der Waals surface area contributed by atoms with Crippen molar-refractivity contribution in [1.82, 2.24) is 5.32 Å². The van der Waals surface area contributed by atoms with Crippen LogP contribution in [0.15, 0.2) is 72.8 Å². The molecule has 0 fully saturated rings. The molecule has 48 heavy (non-hydrogen) atoms. The number of phenolic OH excluding ortho intramolecular Hbond substituents is 2. The molecule has 4 aromatic rings. The number of alkyl halides is 3. The summed E-state index contributed by atoms with van der Waals surface area (Å²) in [6.07, 6.45) is -6.33. The first kappa shape index (κ1) is 38.1. The summed E-state index contributed by atoms with van der Waals surface area (Å²) in [5, 5.41) is 49.4. The van der Waals surface area contributed by atoms with Crippen molar-refractivity contribution in [3.05, 3.63) is 110 Å². The first-order valence-electron chi connectivity index (χ1n) is 13.9. The number of hydrogen-bond donors (Lipinski definition) is 8. The van der Waals surface area contributed by atoms with Crippen LogP contribution in [0.5, 0.6) is 11.5 Å². The van der Waals surface area contributed by atoms with Gasteiger partial charge >= 0.3 is 18.2 Å². The summed E-state index contributed by atoms with van der Waals surface area (Å²) in [5.74, 6) is -0.488. The van der Waals surface area contributed by atoms with Gasteiger partial charge in [-0.2, -0.15) is 13.2 Å². The highest BCUT2D eigenvalue weighted by atomic mass is 35.5. The van der Waals surface area contributed by atoms with Crippen molar-refractivity contribution in [2.24, 2.45) is 0 Å². The molecule has 0 radical (unpaired) electrons. The number of anilines is 3. The van der Waals surface area contributed by atoms with E-state index < -0.39 is 36.0 Å². The van der Waals surface area contributed by atoms with Gasteiger partial charge in [0.2, 0.25) is 0 Å². The molecule has 10 nitrogen and oxygen atoms in total. The number of hydrogen-bond acceptors (Lipinski definition) is 6. The lowest BCUT2D eigenvalue weighted by molar-refractivity contribution is -0.137. The van der Waals surface area contributed by atoms with E-state index in [1.807, 2.05) is 0 Å². The molecule has 2 unspecified atom stereocenters. The summed E-state index contributed by atoms with van der Waals surface area (Å²) in [6.45, 7) is 2.93. The number of urea groups is 2. The number of rotatable bonds is 7. The maximum absolute atomic E-state index is 12.5. The highest BCUT2D eigenvalue weighted by Crippen LogP contribution is 2.36. The van der Waals surface area contributed by atoms with Crippen molar-refractivity contribution in [3.63, 3.8) is 0 Å². The molecule has 0 aromatic heterocycles. The standard InChI is InChI=1S/C17H16ClF3N2O3.C15H14Cl2N2O3/c1-9(24)13-6-12(7-14(18)15(13)25)23-16(26)22-8-10-2-4-11(5-3-10)17(19,20)21;1-8(20)12-6-11(7-13(17)14(12)21)19-15(22)18-10-4-2-9(16)3-5-10/h2-7,9,24-25H,8H2,1H3,(H2,22,23,26);2-8,20-21H,1H3,(H2,18,19,22). The molecule has 8 N–H and O–H groups in total. The minimum atomic E-state index is -4.41. The van der Waals surface area contributed by atoms with Crippen LogP contribution in [-0.2, 0) is 12.7 Å². The second-order valence-electron chi connectivity index (χ2n) is 10.2. The third kappa shape index (κ3) is 11.1. The Labute approximate surface area is 288 Å². The van der Waals surface area contributed by atoms with E-state index in [9.17, 15) is 43.2 Å². The molecule has 0 heterocycles. The van der Waals surface area contributed by atoms with Gasteiger partial charge in [0, 0.05) is 39.8 Å². The van der Waals surface area contributed by atoms with Gasteiger partial charge in [0.15, 0.2) is 0 Å². The SMILES string of the molecule is CC(O)c1cc(NC(=O)NCc2ccc(C(F)(F)F)cc2)cc(Cl)c1O.CC(O)c1cc(NC(=O)Nc2ccc(Cl)cc2)cc(Cl)c1O. The van der Waals surface area contributed by atoms with Crippen LogP contribution in [0.2, 0.25) is 15.1 Å². The molecule has 0 saturated heterocycles. The number of amides is 4. The fourth-order valence-electron chi connectivity index (χ4n) is 4.02. The lowest BCUT2D eigenvalue weighted by atomic mass is 10.1. The topological polar surface area (TPSA) is 163 Å². The quantitative estimate of drug-likeness (QED) is 0.0887. The molecule has 4 amide bonds. The molecule has 0 saturated carbocycles. The zero-order valence-corrected chi connectivity index (χ0v) is 27.4. The smallest absolute Gasteiger partial charge is 0.416 e. The minimum Gasteiger partial charge on any atom is -0.506 e. The molecule has 256 valence electrons. The van der Waals surface area contributed by atoms with Crippen molar-refractivity contribution in [3.8, 4) is 11.5 Å². The fraction of sp³-hybridized carbons (Fsp3) is 0.188. The summed E-state index contributed by atoms with van der Waals surface area (Å²) in [4.78, 5) is 23.8. The van der Waals surface area contributed by atoms with Crippen LogP contribution >= 0.6 is 34.8 Å². The predicted molar refractivity (Wildman–Crippen MR) is 179 cm³/mol. The van der Waals surface area contributed by atoms with Crippen LogP contribution in [0.4, 0.5) is 39.8 Å². The van der Waals surface area contributed by atoms with E-state index >= 15 is 0 Å². The van der Waals surface area contributed by atoms with E-state index in [1.54, 1.807) is 24.3 Å². The molecule has 0 aliphatic carbocycles. The Morgan fingerprint density at radius 2 is 1.12 bits per heavy atom. The van der Waals surface area contributed by atoms with Crippen LogP contribution in [0.1, 0.15) is 48.3 Å². The molecule has 0 spiro atoms. The molecule has 4 rings (SSSR count). The lowest BCUT2D eigenvalue weighted by Gasteiger charge is -2.13. The molecule has 2 atom stereocenters. The molecule has 4 aromatic carbocycles. The zero-order chi connectivity index (χ0) is 35.8. The number of carbonyl (C=O) groups is 2. The van der Waals surface area contributed by atoms with Crippen molar-refractivity contribution in [2.45, 2.75) is 38.8 Å². The number of halogens is 6. The van der Waals surface area contributed by atoms with Gasteiger partial charge in [0.1, 0.15) is 11.5 Å². The van der Waals surface area contributed by atoms with Gasteiger partial charge in [0.25, 0.3) is 0 Å². The van der Waals surface area contributed by atoms with E-state index in [4.69, 9.17) is 34.8 Å². The van der Waals surface area contributed by atoms with Crippen LogP contribution in [0, 0.1) is 0 Å². The largest absolute Gasteiger partial charge is 0.506 e. The maximum atomic E-state index is 12.5. The Balaban J connectivity index is 0.000000264. The van der Waals surface area contributed by atoms with Gasteiger partial charge in [-0.25, -0.2) is 9.59 Å². The predicted octanol–water partition coefficient (Wildman–Crippen LogP) is 8.84. The van der Waals surface area contributed by atoms with E-state index in [2.05, 4.69) is 21.3 Å². The van der Waals surface area contributed by atoms with Crippen molar-refractivity contribution < 1.29 is 43.2 Å². The van der Waals surface area contributed by atoms with Crippen LogP contribution in [0.3, 0.4) is 0 Å². The number of benzene rings is 4. The average molecular weight is 730 g/mol. The number of aliphatic hydroxyl groups is 2. The number of aliphatic hydroxyl groups excluding tert-OH is 2. The Morgan fingerprint density at radius 1 is 0.688 bits per heavy atom. The first-order valence-corrected chi connectivity index (χ1v) is 15.0. The third-order valence-electron chi connectivity index (χ3n) is 6.44. The second kappa shape index (κ2) is 16.6. The van der Waals surface area contributed by atoms with E-state index in [1.165, 1.54) is 50.2 Å². The minimum absolute atomic E-state index is 0.0129. The van der Waals surface area contributed by atoms with Crippen molar-refractivity contribution >= 4 is 63.9 Å². The third-order valence-corrected chi connectivity index (χ3v) is 7.27. The van der Waals surface area contributed by atoms with Gasteiger partial charge in [-0.1, -0.05) is 46.9 Å². The molecular weight excluding hydrogens is 700 g/mol. The Hall–Kier alpha value is -4.40. The number of aromatic hydroxyl groups is 2. The summed E-state index contributed by atoms with van der Waals surface area (Å²) in [6, 6.07) is 15.4. The van der Waals surface area contributed by atoms with Crippen LogP contribution in [-0.4, -0.2) is 32.5 Å². The van der Waals surface area contributed by atoms with Crippen molar-refractivity contribution in [2.75, 3.05) is 16.0 Å². The average Bonchev–Trinajstić information content (AvgIpc) is 3.00. The van der Waals surface area contributed by atoms with E-state index in [-0.39, 0.29) is 44.9 Å². The molecule has 0 aliphatic heterocycles. The van der Waals surface area contributed by atoms with Gasteiger partial charge < -0.3 is 41.7 Å². The van der Waals surface area contributed by atoms with Crippen molar-refractivity contribution in [1.29, 1.82) is 0 Å². The normalized spacial score (nSPS) is 12.2. The molecule has 0 bridgehead atoms. The highest BCUT2D eigenvalue weighted by Gasteiger charge is 2.30. The van der Waals surface area contributed by atoms with E-state index in [0.717, 1.165) is 12.1 Å². The van der Waals surface area contributed by atoms with Gasteiger partial charge in [-0.05, 0) is 80.1 Å². The maximum Gasteiger partial charge on any atom is 0.416 e. The van der Waals surface area contributed by atoms with Gasteiger partial charge in [0.05, 0.1) is 27.8 Å². The van der Waals surface area contributed by atoms with Crippen LogP contribution < -0.4 is 21.3 Å². The Kier molecular flexibility index (Phi) is 13.2. The molecule has 0 aliphatic rings. The van der Waals surface area contributed by atoms with Crippen LogP contribution in [0.25, 0.3) is 0 Å². The molecular formula is C32H30Cl3F3N4O6. The summed E-state index contributed by atoms with van der Waals surface area (Å²) in [7, 11) is 0. The summed E-state index contributed by atoms with van der Waals surface area (Å²) in [5.41, 5.74) is 1.27. The monoisotopic (exact) mass is 728 g/mol. The fourth-order valence-corrected chi connectivity index (χ4v) is 4.60. The highest BCUT2D eigenvalue weighted by molar-refractivity contribution is 6.33. The lowest BCUT2D eigenvalue weighted by Crippen LogP contribution is -2.28. The summed E-state index contributed by atoms with van der Waals surface area (Å²) >= 11 is 17.5. The van der Waals surface area contributed by atoms with Gasteiger partial charge in [-0.3, -0.25) is 0 Å². The Bertz CT molecular complexity index is 1740. The Morgan fingerprint density at radius 3 is 1.56 bits per heavy atom. The van der Waals surface area contributed by atoms with Gasteiger partial charge in [-0.15, -0.1) is 0 Å². The first-order chi connectivity index (χ1) is 22.4. The zero-order valence-electron chi connectivity index (χ0n) is 25.2.